The summed E-state index contributed by atoms with van der Waals surface area (Å²) in [5.74, 6) is -0.298. The fourth-order valence-electron chi connectivity index (χ4n) is 5.03. The lowest BCUT2D eigenvalue weighted by molar-refractivity contribution is -0.141. The van der Waals surface area contributed by atoms with Crippen LogP contribution in [0.5, 0.6) is 0 Å². The Morgan fingerprint density at radius 2 is 1.62 bits per heavy atom. The first kappa shape index (κ1) is 28.7. The number of benzene rings is 2. The van der Waals surface area contributed by atoms with Crippen LogP contribution in [0.2, 0.25) is 0 Å². The summed E-state index contributed by atoms with van der Waals surface area (Å²) < 4.78 is 26.5. The molecule has 0 heterocycles. The van der Waals surface area contributed by atoms with Crippen LogP contribution in [0.3, 0.4) is 0 Å². The maximum atomic E-state index is 13.4. The molecule has 202 valence electrons. The molecule has 1 fully saturated rings. The summed E-state index contributed by atoms with van der Waals surface area (Å²) in [6.07, 6.45) is 7.06. The van der Waals surface area contributed by atoms with Crippen LogP contribution in [0.15, 0.2) is 48.5 Å². The third-order valence-corrected chi connectivity index (χ3v) is 8.16. The zero-order valence-corrected chi connectivity index (χ0v) is 23.4. The van der Waals surface area contributed by atoms with Crippen LogP contribution < -0.4 is 9.62 Å². The van der Waals surface area contributed by atoms with Gasteiger partial charge in [-0.25, -0.2) is 8.42 Å². The molecule has 0 unspecified atom stereocenters. The highest BCUT2D eigenvalue weighted by atomic mass is 32.2. The van der Waals surface area contributed by atoms with Gasteiger partial charge in [0.2, 0.25) is 21.8 Å². The fraction of sp³-hybridized carbons (Fsp3) is 0.517. The highest BCUT2D eigenvalue weighted by molar-refractivity contribution is 7.92. The van der Waals surface area contributed by atoms with E-state index in [0.29, 0.717) is 18.7 Å². The van der Waals surface area contributed by atoms with Gasteiger partial charge in [0.25, 0.3) is 0 Å². The Labute approximate surface area is 222 Å². The van der Waals surface area contributed by atoms with E-state index in [2.05, 4.69) is 5.32 Å². The summed E-state index contributed by atoms with van der Waals surface area (Å²) in [6.45, 7) is 6.15. The first-order chi connectivity index (χ1) is 17.5. The molecule has 1 N–H and O–H groups in total. The van der Waals surface area contributed by atoms with Crippen molar-refractivity contribution in [2.45, 2.75) is 84.3 Å². The van der Waals surface area contributed by atoms with E-state index >= 15 is 0 Å². The van der Waals surface area contributed by atoms with Crippen LogP contribution >= 0.6 is 0 Å². The fourth-order valence-corrected chi connectivity index (χ4v) is 5.98. The van der Waals surface area contributed by atoms with Crippen molar-refractivity contribution in [2.24, 2.45) is 0 Å². The minimum Gasteiger partial charge on any atom is -0.352 e. The Balaban J connectivity index is 1.71. The van der Waals surface area contributed by atoms with E-state index in [-0.39, 0.29) is 30.8 Å². The molecule has 7 nitrogen and oxygen atoms in total. The normalized spacial score (nSPS) is 15.1. The smallest absolute Gasteiger partial charge is 0.242 e. The molecule has 37 heavy (non-hydrogen) atoms. The van der Waals surface area contributed by atoms with Gasteiger partial charge >= 0.3 is 0 Å². The number of anilines is 1. The molecule has 2 aromatic carbocycles. The van der Waals surface area contributed by atoms with Crippen LogP contribution in [0.4, 0.5) is 5.69 Å². The lowest BCUT2D eigenvalue weighted by Gasteiger charge is -2.31. The largest absolute Gasteiger partial charge is 0.352 e. The number of nitrogens with zero attached hydrogens (tertiary/aromatic N) is 2. The second-order valence-corrected chi connectivity index (χ2v) is 12.2. The molecule has 1 saturated carbocycles. The molecule has 8 heteroatoms. The van der Waals surface area contributed by atoms with Gasteiger partial charge in [0.15, 0.2) is 0 Å². The summed E-state index contributed by atoms with van der Waals surface area (Å²) in [5.41, 5.74) is 3.51. The van der Waals surface area contributed by atoms with E-state index in [1.165, 1.54) is 17.0 Å². The number of hydrogen-bond donors (Lipinski definition) is 1. The average Bonchev–Trinajstić information content (AvgIpc) is 2.84. The molecule has 0 bridgehead atoms. The molecule has 3 rings (SSSR count). The number of sulfonamides is 1. The van der Waals surface area contributed by atoms with Gasteiger partial charge in [0.1, 0.15) is 6.04 Å². The summed E-state index contributed by atoms with van der Waals surface area (Å²) in [5, 5.41) is 3.15. The number of rotatable bonds is 11. The minimum atomic E-state index is -3.52. The van der Waals surface area contributed by atoms with Crippen LogP contribution in [0.1, 0.15) is 68.6 Å². The van der Waals surface area contributed by atoms with Crippen molar-refractivity contribution in [3.8, 4) is 0 Å². The topological polar surface area (TPSA) is 86.8 Å². The van der Waals surface area contributed by atoms with Crippen molar-refractivity contribution in [1.29, 1.82) is 0 Å². The number of hydrogen-bond acceptors (Lipinski definition) is 4. The molecule has 0 spiro atoms. The maximum absolute atomic E-state index is 13.4. The molecule has 2 aromatic rings. The number of carbonyl (C=O) groups is 2. The van der Waals surface area contributed by atoms with E-state index < -0.39 is 16.1 Å². The van der Waals surface area contributed by atoms with Crippen molar-refractivity contribution in [3.63, 3.8) is 0 Å². The van der Waals surface area contributed by atoms with Crippen molar-refractivity contribution < 1.29 is 18.0 Å². The first-order valence-electron chi connectivity index (χ1n) is 13.2. The highest BCUT2D eigenvalue weighted by Gasteiger charge is 2.28. The Bertz CT molecular complexity index is 1140. The Morgan fingerprint density at radius 3 is 2.22 bits per heavy atom. The lowest BCUT2D eigenvalue weighted by Crippen LogP contribution is -2.50. The van der Waals surface area contributed by atoms with Gasteiger partial charge in [-0.15, -0.1) is 0 Å². The molecule has 0 saturated heterocycles. The summed E-state index contributed by atoms with van der Waals surface area (Å²) in [6, 6.07) is 14.9. The van der Waals surface area contributed by atoms with Crippen molar-refractivity contribution in [2.75, 3.05) is 17.1 Å². The van der Waals surface area contributed by atoms with Crippen molar-refractivity contribution >= 4 is 27.5 Å². The minimum absolute atomic E-state index is 0.135. The van der Waals surface area contributed by atoms with Gasteiger partial charge < -0.3 is 10.2 Å². The number of nitrogens with one attached hydrogen (secondary N) is 1. The second-order valence-electron chi connectivity index (χ2n) is 10.3. The van der Waals surface area contributed by atoms with E-state index in [9.17, 15) is 18.0 Å². The van der Waals surface area contributed by atoms with Gasteiger partial charge in [0, 0.05) is 25.6 Å². The molecule has 0 aromatic heterocycles. The Kier molecular flexibility index (Phi) is 10.1. The average molecular weight is 528 g/mol. The third-order valence-electron chi connectivity index (χ3n) is 6.96. The number of carbonyl (C=O) groups excluding carboxylic acids is 2. The van der Waals surface area contributed by atoms with Gasteiger partial charge in [0.05, 0.1) is 11.9 Å². The van der Waals surface area contributed by atoms with E-state index in [0.717, 1.165) is 42.4 Å². The van der Waals surface area contributed by atoms with Crippen LogP contribution in [-0.2, 0) is 26.2 Å². The molecule has 0 radical (unpaired) electrons. The molecular formula is C29H41N3O4S. The van der Waals surface area contributed by atoms with Gasteiger partial charge in [-0.05, 0) is 68.9 Å². The summed E-state index contributed by atoms with van der Waals surface area (Å²) >= 11 is 0. The van der Waals surface area contributed by atoms with E-state index in [4.69, 9.17) is 0 Å². The Morgan fingerprint density at radius 1 is 1.00 bits per heavy atom. The van der Waals surface area contributed by atoms with E-state index in [1.807, 2.05) is 62.4 Å². The van der Waals surface area contributed by atoms with E-state index in [1.54, 1.807) is 11.8 Å². The van der Waals surface area contributed by atoms with Gasteiger partial charge in [-0.3, -0.25) is 13.9 Å². The number of amides is 2. The summed E-state index contributed by atoms with van der Waals surface area (Å²) in [4.78, 5) is 28.2. The standard InChI is InChI=1S/C29H41N3O4S/c1-22-18-23(2)20-27(19-22)32(37(4,35)36)17-11-16-28(33)31(21-25-12-7-5-8-13-25)24(3)29(34)30-26-14-9-6-10-15-26/h5,7-8,12-13,18-20,24,26H,6,9-11,14-17,21H2,1-4H3,(H,30,34)/t24-/m0/s1. The van der Waals surface area contributed by atoms with Crippen LogP contribution in [0.25, 0.3) is 0 Å². The zero-order chi connectivity index (χ0) is 27.0. The molecular weight excluding hydrogens is 486 g/mol. The van der Waals surface area contributed by atoms with Crippen molar-refractivity contribution in [3.05, 3.63) is 65.2 Å². The van der Waals surface area contributed by atoms with Crippen LogP contribution in [-0.4, -0.2) is 50.0 Å². The van der Waals surface area contributed by atoms with Crippen molar-refractivity contribution in [1.82, 2.24) is 10.2 Å². The molecule has 0 aliphatic heterocycles. The first-order valence-corrected chi connectivity index (χ1v) is 15.1. The predicted molar refractivity (Wildman–Crippen MR) is 149 cm³/mol. The zero-order valence-electron chi connectivity index (χ0n) is 22.6. The van der Waals surface area contributed by atoms with Gasteiger partial charge in [-0.2, -0.15) is 0 Å². The Hall–Kier alpha value is -2.87. The summed E-state index contributed by atoms with van der Waals surface area (Å²) in [7, 11) is -3.52. The molecule has 1 aliphatic carbocycles. The highest BCUT2D eigenvalue weighted by Crippen LogP contribution is 2.23. The predicted octanol–water partition coefficient (Wildman–Crippen LogP) is 4.72. The lowest BCUT2D eigenvalue weighted by atomic mass is 9.95. The SMILES string of the molecule is Cc1cc(C)cc(N(CCCC(=O)N(Cc2ccccc2)[C@@H](C)C(=O)NC2CCCCC2)S(C)(=O)=O)c1. The third kappa shape index (κ3) is 8.59. The monoisotopic (exact) mass is 527 g/mol. The molecule has 2 amide bonds. The molecule has 1 aliphatic rings. The quantitative estimate of drug-likeness (QED) is 0.458. The molecule has 1 atom stereocenters. The maximum Gasteiger partial charge on any atom is 0.242 e. The number of aryl methyl sites for hydroxylation is 2. The van der Waals surface area contributed by atoms with Gasteiger partial charge in [-0.1, -0.05) is 55.7 Å². The second kappa shape index (κ2) is 13.1. The van der Waals surface area contributed by atoms with Crippen LogP contribution in [0, 0.1) is 13.8 Å².